The van der Waals surface area contributed by atoms with Gasteiger partial charge >= 0.3 is 5.97 Å². The van der Waals surface area contributed by atoms with Crippen molar-refractivity contribution in [1.29, 1.82) is 0 Å². The molecule has 0 aromatic heterocycles. The molecule has 1 aromatic carbocycles. The van der Waals surface area contributed by atoms with Crippen LogP contribution in [0.3, 0.4) is 0 Å². The number of carbonyl (C=O) groups excluding carboxylic acids is 10. The topological polar surface area (TPSA) is 259 Å². The second-order valence-corrected chi connectivity index (χ2v) is 18.5. The van der Waals surface area contributed by atoms with Crippen LogP contribution in [0.1, 0.15) is 94.1 Å². The molecule has 1 fully saturated rings. The number of Topliss-reactive ketones (excluding diaryl/α,β-unsaturated/α-hetero) is 1. The summed E-state index contributed by atoms with van der Waals surface area (Å²) >= 11 is 0. The fourth-order valence-electron chi connectivity index (χ4n) is 7.41. The standard InChI is InChI=1S/C47H74N8O12/c1-15-28(6)39-44(63)50-24-35(56)53(11)33(22-26(2)3)42(61)49-25-36(57)55(13)38(27(4)5)45(64)54(12)34(23-31-16-18-32(66-14)19-17-31)43(62)51-29(7)40(59)47(9,10)46(65)52-30(8)41(60)48-21-20-37(58)67-39/h16-19,26-30,33-34,38-39H,15,20-25H2,1-14H3,(H,48,60)(H,49,61)(H,50,63)(H,51,62)(H,52,65). The number of esters is 1. The van der Waals surface area contributed by atoms with Crippen LogP contribution in [-0.2, 0) is 59.1 Å². The zero-order valence-corrected chi connectivity index (χ0v) is 41.7. The first-order valence-corrected chi connectivity index (χ1v) is 22.8. The Balaban J connectivity index is 2.60. The Morgan fingerprint density at radius 1 is 0.716 bits per heavy atom. The summed E-state index contributed by atoms with van der Waals surface area (Å²) in [6, 6.07) is 0.911. The van der Waals surface area contributed by atoms with Crippen LogP contribution in [0.15, 0.2) is 24.3 Å². The molecule has 0 spiro atoms. The molecule has 20 heteroatoms. The fourth-order valence-corrected chi connectivity index (χ4v) is 7.41. The predicted molar refractivity (Wildman–Crippen MR) is 248 cm³/mol. The molecule has 0 saturated carbocycles. The van der Waals surface area contributed by atoms with E-state index in [1.165, 1.54) is 65.7 Å². The van der Waals surface area contributed by atoms with Crippen molar-refractivity contribution in [1.82, 2.24) is 41.3 Å². The lowest BCUT2D eigenvalue weighted by Gasteiger charge is -2.37. The van der Waals surface area contributed by atoms with Gasteiger partial charge in [0.05, 0.1) is 32.7 Å². The number of benzene rings is 1. The lowest BCUT2D eigenvalue weighted by molar-refractivity contribution is -0.159. The van der Waals surface area contributed by atoms with E-state index in [0.717, 1.165) is 4.90 Å². The molecule has 0 radical (unpaired) electrons. The molecule has 374 valence electrons. The van der Waals surface area contributed by atoms with Crippen LogP contribution in [-0.4, -0.2) is 158 Å². The number of hydrogen-bond donors (Lipinski definition) is 5. The molecule has 1 aromatic rings. The quantitative estimate of drug-likeness (QED) is 0.179. The van der Waals surface area contributed by atoms with Crippen molar-refractivity contribution in [3.63, 3.8) is 0 Å². The zero-order chi connectivity index (χ0) is 51.1. The van der Waals surface area contributed by atoms with Gasteiger partial charge in [0.2, 0.25) is 41.4 Å². The Hall–Kier alpha value is -6.08. The third kappa shape index (κ3) is 16.0. The lowest BCUT2D eigenvalue weighted by atomic mass is 9.83. The Morgan fingerprint density at radius 2 is 1.28 bits per heavy atom. The number of hydrogen-bond acceptors (Lipinski definition) is 12. The van der Waals surface area contributed by atoms with Crippen LogP contribution in [0.4, 0.5) is 0 Å². The second kappa shape index (κ2) is 25.7. The maximum Gasteiger partial charge on any atom is 0.308 e. The van der Waals surface area contributed by atoms with E-state index < -0.39 is 126 Å². The van der Waals surface area contributed by atoms with E-state index in [4.69, 9.17) is 9.47 Å². The Morgan fingerprint density at radius 3 is 1.82 bits per heavy atom. The van der Waals surface area contributed by atoms with E-state index in [1.54, 1.807) is 52.0 Å². The number of ketones is 1. The minimum atomic E-state index is -1.78. The molecule has 7 atom stereocenters. The summed E-state index contributed by atoms with van der Waals surface area (Å²) in [4.78, 5) is 140. The second-order valence-electron chi connectivity index (χ2n) is 18.5. The van der Waals surface area contributed by atoms with E-state index in [0.29, 0.717) is 17.7 Å². The van der Waals surface area contributed by atoms with Gasteiger partial charge in [0.1, 0.15) is 35.3 Å². The number of amides is 8. The van der Waals surface area contributed by atoms with Crippen LogP contribution >= 0.6 is 0 Å². The van der Waals surface area contributed by atoms with Crippen molar-refractivity contribution in [3.05, 3.63) is 29.8 Å². The van der Waals surface area contributed by atoms with Gasteiger partial charge in [-0.15, -0.1) is 0 Å². The van der Waals surface area contributed by atoms with Crippen molar-refractivity contribution >= 4 is 59.0 Å². The highest BCUT2D eigenvalue weighted by Crippen LogP contribution is 2.22. The first kappa shape index (κ1) is 57.0. The van der Waals surface area contributed by atoms with E-state index in [1.807, 2.05) is 13.8 Å². The normalized spacial score (nSPS) is 25.2. The van der Waals surface area contributed by atoms with Gasteiger partial charge in [-0.25, -0.2) is 0 Å². The van der Waals surface area contributed by atoms with Crippen molar-refractivity contribution in [2.45, 2.75) is 131 Å². The van der Waals surface area contributed by atoms with Crippen molar-refractivity contribution in [3.8, 4) is 5.75 Å². The van der Waals surface area contributed by atoms with Crippen LogP contribution in [0.2, 0.25) is 0 Å². The number of likely N-dealkylation sites (N-methyl/N-ethyl adjacent to an activating group) is 3. The van der Waals surface area contributed by atoms with Crippen molar-refractivity contribution in [2.75, 3.05) is 47.9 Å². The predicted octanol–water partition coefficient (Wildman–Crippen LogP) is 0.736. The third-order valence-electron chi connectivity index (χ3n) is 12.1. The summed E-state index contributed by atoms with van der Waals surface area (Å²) in [5, 5.41) is 12.8. The minimum Gasteiger partial charge on any atom is -0.497 e. The molecule has 5 N–H and O–H groups in total. The molecule has 1 aliphatic heterocycles. The molecule has 0 bridgehead atoms. The highest BCUT2D eigenvalue weighted by Gasteiger charge is 2.42. The van der Waals surface area contributed by atoms with Gasteiger partial charge in [-0.05, 0) is 70.1 Å². The van der Waals surface area contributed by atoms with E-state index in [2.05, 4.69) is 26.6 Å². The number of cyclic esters (lactones) is 1. The molecule has 7 unspecified atom stereocenters. The average molecular weight is 943 g/mol. The van der Waals surface area contributed by atoms with E-state index in [9.17, 15) is 47.9 Å². The molecular formula is C47H74N8O12. The zero-order valence-electron chi connectivity index (χ0n) is 41.7. The van der Waals surface area contributed by atoms with Gasteiger partial charge in [-0.3, -0.25) is 47.9 Å². The molecule has 2 rings (SSSR count). The maximum atomic E-state index is 14.5. The van der Waals surface area contributed by atoms with Crippen LogP contribution in [0.25, 0.3) is 0 Å². The number of methoxy groups -OCH3 is 1. The summed E-state index contributed by atoms with van der Waals surface area (Å²) in [5.74, 6) is -7.59. The summed E-state index contributed by atoms with van der Waals surface area (Å²) in [6.07, 6.45) is -1.06. The molecule has 67 heavy (non-hydrogen) atoms. The van der Waals surface area contributed by atoms with Gasteiger partial charge in [0, 0.05) is 40.0 Å². The van der Waals surface area contributed by atoms with Gasteiger partial charge in [-0.1, -0.05) is 53.7 Å². The average Bonchev–Trinajstić information content (AvgIpc) is 3.28. The molecule has 1 heterocycles. The number of nitrogens with zero attached hydrogens (tertiary/aromatic N) is 3. The number of ether oxygens (including phenoxy) is 2. The van der Waals surface area contributed by atoms with E-state index >= 15 is 0 Å². The summed E-state index contributed by atoms with van der Waals surface area (Å²) in [5.41, 5.74) is -1.15. The minimum absolute atomic E-state index is 0.0304. The van der Waals surface area contributed by atoms with Crippen LogP contribution < -0.4 is 31.3 Å². The summed E-state index contributed by atoms with van der Waals surface area (Å²) in [7, 11) is 5.70. The summed E-state index contributed by atoms with van der Waals surface area (Å²) < 4.78 is 10.8. The highest BCUT2D eigenvalue weighted by molar-refractivity contribution is 6.09. The molecule has 0 aliphatic carbocycles. The smallest absolute Gasteiger partial charge is 0.308 e. The molecular weight excluding hydrogens is 869 g/mol. The molecule has 1 aliphatic rings. The van der Waals surface area contributed by atoms with Gasteiger partial charge in [0.25, 0.3) is 5.91 Å². The molecule has 8 amide bonds. The van der Waals surface area contributed by atoms with Crippen molar-refractivity contribution < 1.29 is 57.4 Å². The van der Waals surface area contributed by atoms with Crippen molar-refractivity contribution in [2.24, 2.45) is 23.2 Å². The Kier molecular flexibility index (Phi) is 21.9. The largest absolute Gasteiger partial charge is 0.497 e. The van der Waals surface area contributed by atoms with Crippen LogP contribution in [0.5, 0.6) is 5.75 Å². The first-order valence-electron chi connectivity index (χ1n) is 22.8. The first-order chi connectivity index (χ1) is 31.2. The molecule has 1 saturated heterocycles. The van der Waals surface area contributed by atoms with Gasteiger partial charge < -0.3 is 50.8 Å². The number of rotatable bonds is 8. The Bertz CT molecular complexity index is 1950. The number of nitrogens with one attached hydrogen (secondary N) is 5. The SMILES string of the molecule is CCC(C)C1OC(=O)CCNC(=O)C(C)NC(=O)C(C)(C)C(=O)C(C)NC(=O)C(Cc2ccc(OC)cc2)N(C)C(=O)C(C(C)C)N(C)C(=O)CNC(=O)C(CC(C)C)N(C)C(=O)CNC1=O. The van der Waals surface area contributed by atoms with Crippen LogP contribution in [0, 0.1) is 23.2 Å². The van der Waals surface area contributed by atoms with E-state index in [-0.39, 0.29) is 31.7 Å². The van der Waals surface area contributed by atoms with Gasteiger partial charge in [-0.2, -0.15) is 0 Å². The van der Waals surface area contributed by atoms with Gasteiger partial charge in [0.15, 0.2) is 11.9 Å². The highest BCUT2D eigenvalue weighted by atomic mass is 16.5. The monoisotopic (exact) mass is 943 g/mol. The Labute approximate surface area is 394 Å². The fraction of sp³-hybridized carbons (Fsp3) is 0.660. The maximum absolute atomic E-state index is 14.5. The lowest BCUT2D eigenvalue weighted by Crippen LogP contribution is -2.60. The summed E-state index contributed by atoms with van der Waals surface area (Å²) in [6.45, 7) is 14.7. The third-order valence-corrected chi connectivity index (χ3v) is 12.1. The molecule has 20 nitrogen and oxygen atoms in total. The number of carbonyl (C=O) groups is 10.